The average Bonchev–Trinajstić information content (AvgIpc) is 2.89. The van der Waals surface area contributed by atoms with Gasteiger partial charge in [-0.2, -0.15) is 0 Å². The van der Waals surface area contributed by atoms with Crippen LogP contribution in [0.25, 0.3) is 0 Å². The molecule has 0 saturated carbocycles. The Labute approximate surface area is 222 Å². The van der Waals surface area contributed by atoms with Gasteiger partial charge in [0, 0.05) is 9.79 Å². The number of hydrogen-bond donors (Lipinski definition) is 1. The maximum atomic E-state index is 12.6. The molecule has 190 valence electrons. The van der Waals surface area contributed by atoms with E-state index >= 15 is 0 Å². The molecular weight excluding hydrogens is 504 g/mol. The van der Waals surface area contributed by atoms with Gasteiger partial charge in [-0.05, 0) is 61.0 Å². The molecule has 0 aromatic heterocycles. The predicted molar refractivity (Wildman–Crippen MR) is 150 cm³/mol. The summed E-state index contributed by atoms with van der Waals surface area (Å²) in [6.07, 6.45) is 1.18. The first-order chi connectivity index (χ1) is 17.8. The molecule has 6 nitrogen and oxygen atoms in total. The molecule has 0 atom stereocenters. The number of sulfonamides is 1. The van der Waals surface area contributed by atoms with Gasteiger partial charge in [0.25, 0.3) is 5.91 Å². The molecule has 0 aliphatic rings. The fourth-order valence-corrected chi connectivity index (χ4v) is 5.39. The number of aryl methyl sites for hydroxylation is 1. The lowest BCUT2D eigenvalue weighted by Crippen LogP contribution is -2.29. The quantitative estimate of drug-likeness (QED) is 0.266. The van der Waals surface area contributed by atoms with Gasteiger partial charge >= 0.3 is 0 Å². The normalized spacial score (nSPS) is 11.1. The second-order valence-corrected chi connectivity index (χ2v) is 11.5. The Hall–Kier alpha value is -3.75. The Kier molecular flexibility index (Phi) is 8.53. The van der Waals surface area contributed by atoms with E-state index in [0.29, 0.717) is 17.1 Å². The zero-order valence-electron chi connectivity index (χ0n) is 20.6. The molecule has 4 aromatic rings. The Morgan fingerprint density at radius 2 is 1.51 bits per heavy atom. The van der Waals surface area contributed by atoms with Crippen molar-refractivity contribution in [3.63, 3.8) is 0 Å². The molecule has 0 spiro atoms. The summed E-state index contributed by atoms with van der Waals surface area (Å²) in [5.74, 6) is 0.178. The number of para-hydroxylation sites is 1. The van der Waals surface area contributed by atoms with Crippen LogP contribution in [0.5, 0.6) is 5.75 Å². The standard InChI is InChI=1S/C29H28N2O4S2/c1-22-12-14-23(15-13-22)20-31(37(2,33)34)24-16-18-25(19-17-24)35-21-29(32)30-27-10-6-7-11-28(27)36-26-8-4-3-5-9-26/h3-19H,20-21H2,1-2H3,(H,30,32). The summed E-state index contributed by atoms with van der Waals surface area (Å²) in [5.41, 5.74) is 3.23. The summed E-state index contributed by atoms with van der Waals surface area (Å²) in [6.45, 7) is 2.03. The molecule has 1 N–H and O–H groups in total. The van der Waals surface area contributed by atoms with Gasteiger partial charge in [0.15, 0.2) is 6.61 Å². The number of nitrogens with one attached hydrogen (secondary N) is 1. The third kappa shape index (κ3) is 7.62. The van der Waals surface area contributed by atoms with Crippen molar-refractivity contribution in [2.45, 2.75) is 23.3 Å². The molecule has 0 aliphatic heterocycles. The molecule has 1 amide bonds. The van der Waals surface area contributed by atoms with Crippen LogP contribution in [0.4, 0.5) is 11.4 Å². The van der Waals surface area contributed by atoms with E-state index in [-0.39, 0.29) is 19.1 Å². The number of carbonyl (C=O) groups is 1. The van der Waals surface area contributed by atoms with E-state index in [1.807, 2.05) is 85.8 Å². The van der Waals surface area contributed by atoms with Crippen LogP contribution in [-0.4, -0.2) is 27.2 Å². The van der Waals surface area contributed by atoms with Gasteiger partial charge in [-0.15, -0.1) is 0 Å². The predicted octanol–water partition coefficient (Wildman–Crippen LogP) is 6.13. The van der Waals surface area contributed by atoms with Crippen LogP contribution in [0.2, 0.25) is 0 Å². The minimum Gasteiger partial charge on any atom is -0.484 e. The Balaban J connectivity index is 1.37. The summed E-state index contributed by atoms with van der Waals surface area (Å²) >= 11 is 1.57. The molecule has 37 heavy (non-hydrogen) atoms. The molecule has 0 aliphatic carbocycles. The Bertz CT molecular complexity index is 1440. The fraction of sp³-hybridized carbons (Fsp3) is 0.138. The number of carbonyl (C=O) groups excluding carboxylic acids is 1. The summed E-state index contributed by atoms with van der Waals surface area (Å²) in [4.78, 5) is 14.6. The highest BCUT2D eigenvalue weighted by atomic mass is 32.2. The molecular formula is C29H28N2O4S2. The molecule has 4 rings (SSSR count). The van der Waals surface area contributed by atoms with Gasteiger partial charge in [-0.25, -0.2) is 8.42 Å². The van der Waals surface area contributed by atoms with Gasteiger partial charge in [-0.3, -0.25) is 9.10 Å². The number of amides is 1. The monoisotopic (exact) mass is 532 g/mol. The van der Waals surface area contributed by atoms with Gasteiger partial charge in [0.1, 0.15) is 5.75 Å². The fourth-order valence-electron chi connectivity index (χ4n) is 3.58. The van der Waals surface area contributed by atoms with Crippen LogP contribution in [0.3, 0.4) is 0 Å². The molecule has 0 fully saturated rings. The zero-order chi connectivity index (χ0) is 26.3. The Morgan fingerprint density at radius 1 is 0.865 bits per heavy atom. The number of rotatable bonds is 10. The highest BCUT2D eigenvalue weighted by Gasteiger charge is 2.18. The van der Waals surface area contributed by atoms with Gasteiger partial charge in [0.2, 0.25) is 10.0 Å². The maximum absolute atomic E-state index is 12.6. The molecule has 0 heterocycles. The summed E-state index contributed by atoms with van der Waals surface area (Å²) < 4.78 is 31.9. The van der Waals surface area contributed by atoms with Crippen molar-refractivity contribution < 1.29 is 17.9 Å². The maximum Gasteiger partial charge on any atom is 0.262 e. The highest BCUT2D eigenvalue weighted by molar-refractivity contribution is 7.99. The van der Waals surface area contributed by atoms with Crippen molar-refractivity contribution in [1.29, 1.82) is 0 Å². The van der Waals surface area contributed by atoms with Crippen molar-refractivity contribution >= 4 is 39.1 Å². The van der Waals surface area contributed by atoms with E-state index in [9.17, 15) is 13.2 Å². The van der Waals surface area contributed by atoms with Crippen molar-refractivity contribution in [3.8, 4) is 5.75 Å². The van der Waals surface area contributed by atoms with Crippen LogP contribution >= 0.6 is 11.8 Å². The first-order valence-corrected chi connectivity index (χ1v) is 14.3. The topological polar surface area (TPSA) is 75.7 Å². The third-order valence-electron chi connectivity index (χ3n) is 5.47. The van der Waals surface area contributed by atoms with Crippen molar-refractivity contribution in [2.75, 3.05) is 22.5 Å². The minimum absolute atomic E-state index is 0.178. The van der Waals surface area contributed by atoms with Crippen molar-refractivity contribution in [2.24, 2.45) is 0 Å². The summed E-state index contributed by atoms with van der Waals surface area (Å²) in [5, 5.41) is 2.91. The van der Waals surface area contributed by atoms with E-state index < -0.39 is 10.0 Å². The first kappa shape index (κ1) is 26.3. The van der Waals surface area contributed by atoms with E-state index in [4.69, 9.17) is 4.74 Å². The SMILES string of the molecule is Cc1ccc(CN(c2ccc(OCC(=O)Nc3ccccc3Sc3ccccc3)cc2)S(C)(=O)=O)cc1. The van der Waals surface area contributed by atoms with Gasteiger partial charge in [0.05, 0.1) is 24.2 Å². The molecule has 8 heteroatoms. The Morgan fingerprint density at radius 3 is 2.19 bits per heavy atom. The first-order valence-electron chi connectivity index (χ1n) is 11.7. The number of nitrogens with zero attached hydrogens (tertiary/aromatic N) is 1. The zero-order valence-corrected chi connectivity index (χ0v) is 22.3. The lowest BCUT2D eigenvalue weighted by Gasteiger charge is -2.23. The number of hydrogen-bond acceptors (Lipinski definition) is 5. The van der Waals surface area contributed by atoms with Gasteiger partial charge < -0.3 is 10.1 Å². The smallest absolute Gasteiger partial charge is 0.262 e. The van der Waals surface area contributed by atoms with Gasteiger partial charge in [-0.1, -0.05) is 71.9 Å². The van der Waals surface area contributed by atoms with E-state index in [1.165, 1.54) is 10.6 Å². The third-order valence-corrected chi connectivity index (χ3v) is 7.70. The molecule has 4 aromatic carbocycles. The average molecular weight is 533 g/mol. The highest BCUT2D eigenvalue weighted by Crippen LogP contribution is 2.33. The number of anilines is 2. The molecule has 0 unspecified atom stereocenters. The number of benzene rings is 4. The van der Waals surface area contributed by atoms with Crippen LogP contribution in [-0.2, 0) is 21.4 Å². The summed E-state index contributed by atoms with van der Waals surface area (Å²) in [6, 6.07) is 32.0. The lowest BCUT2D eigenvalue weighted by atomic mass is 10.1. The molecule has 0 radical (unpaired) electrons. The van der Waals surface area contributed by atoms with E-state index in [2.05, 4.69) is 5.32 Å². The summed E-state index contributed by atoms with van der Waals surface area (Å²) in [7, 11) is -3.50. The number of ether oxygens (including phenoxy) is 1. The van der Waals surface area contributed by atoms with Crippen LogP contribution in [0.15, 0.2) is 113 Å². The molecule has 0 bridgehead atoms. The van der Waals surface area contributed by atoms with E-state index in [1.54, 1.807) is 36.0 Å². The minimum atomic E-state index is -3.50. The second kappa shape index (κ2) is 12.0. The van der Waals surface area contributed by atoms with E-state index in [0.717, 1.165) is 20.9 Å². The van der Waals surface area contributed by atoms with Crippen LogP contribution in [0, 0.1) is 6.92 Å². The second-order valence-electron chi connectivity index (χ2n) is 8.50. The van der Waals surface area contributed by atoms with Crippen molar-refractivity contribution in [1.82, 2.24) is 0 Å². The van der Waals surface area contributed by atoms with Crippen LogP contribution < -0.4 is 14.4 Å². The molecule has 0 saturated heterocycles. The lowest BCUT2D eigenvalue weighted by molar-refractivity contribution is -0.118. The van der Waals surface area contributed by atoms with Crippen molar-refractivity contribution in [3.05, 3.63) is 114 Å². The van der Waals surface area contributed by atoms with Crippen LogP contribution in [0.1, 0.15) is 11.1 Å². The largest absolute Gasteiger partial charge is 0.484 e.